The van der Waals surface area contributed by atoms with E-state index in [0.717, 1.165) is 0 Å². The average Bonchev–Trinajstić information content (AvgIpc) is 2.18. The number of nitrogens with zero attached hydrogens (tertiary/aromatic N) is 1. The molecule has 1 N–H and O–H groups in total. The summed E-state index contributed by atoms with van der Waals surface area (Å²) in [5, 5.41) is 11.2. The Morgan fingerprint density at radius 3 is 2.93 bits per heavy atom. The molecule has 0 atom stereocenters. The number of benzene rings is 1. The van der Waals surface area contributed by atoms with Gasteiger partial charge in [0, 0.05) is 6.42 Å². The highest BCUT2D eigenvalue weighted by Gasteiger charge is 2.09. The molecule has 0 aliphatic rings. The molecule has 78 valence electrons. The maximum absolute atomic E-state index is 13.1. The number of carbonyl (C=O) groups is 1. The van der Waals surface area contributed by atoms with Gasteiger partial charge in [-0.3, -0.25) is 4.79 Å². The van der Waals surface area contributed by atoms with Gasteiger partial charge in [-0.05, 0) is 18.6 Å². The first-order chi connectivity index (χ1) is 7.19. The van der Waals surface area contributed by atoms with E-state index in [1.165, 1.54) is 18.2 Å². The number of nitriles is 1. The molecule has 15 heavy (non-hydrogen) atoms. The number of anilines is 1. The lowest BCUT2D eigenvalue weighted by molar-refractivity contribution is -0.116. The molecule has 0 bridgehead atoms. The highest BCUT2D eigenvalue weighted by atomic mass is 19.1. The smallest absolute Gasteiger partial charge is 0.224 e. The van der Waals surface area contributed by atoms with Gasteiger partial charge in [-0.1, -0.05) is 13.0 Å². The molecule has 1 amide bonds. The lowest BCUT2D eigenvalue weighted by Gasteiger charge is -2.06. The summed E-state index contributed by atoms with van der Waals surface area (Å²) in [7, 11) is 0. The molecule has 0 saturated heterocycles. The first kappa shape index (κ1) is 11.2. The Labute approximate surface area is 87.5 Å². The van der Waals surface area contributed by atoms with Crippen molar-refractivity contribution in [3.63, 3.8) is 0 Å². The third-order valence-corrected chi connectivity index (χ3v) is 1.88. The van der Waals surface area contributed by atoms with E-state index in [2.05, 4.69) is 5.32 Å². The molecular formula is C11H11FN2O. The van der Waals surface area contributed by atoms with Gasteiger partial charge in [0.25, 0.3) is 0 Å². The summed E-state index contributed by atoms with van der Waals surface area (Å²) < 4.78 is 13.1. The van der Waals surface area contributed by atoms with Crippen molar-refractivity contribution in [2.45, 2.75) is 19.8 Å². The van der Waals surface area contributed by atoms with Crippen molar-refractivity contribution < 1.29 is 9.18 Å². The standard InChI is InChI=1S/C11H11FN2O/c1-2-4-11(15)14-10-6-3-5-9(12)8(10)7-13/h3,5-6H,2,4H2,1H3,(H,14,15). The van der Waals surface area contributed by atoms with Crippen LogP contribution in [-0.4, -0.2) is 5.91 Å². The summed E-state index contributed by atoms with van der Waals surface area (Å²) in [6.45, 7) is 1.87. The summed E-state index contributed by atoms with van der Waals surface area (Å²) in [4.78, 5) is 11.2. The van der Waals surface area contributed by atoms with Crippen LogP contribution in [0.1, 0.15) is 25.3 Å². The number of carbonyl (C=O) groups excluding carboxylic acids is 1. The molecule has 0 saturated carbocycles. The molecule has 0 aliphatic heterocycles. The molecule has 0 aromatic heterocycles. The molecule has 0 fully saturated rings. The minimum Gasteiger partial charge on any atom is -0.325 e. The molecule has 1 aromatic carbocycles. The van der Waals surface area contributed by atoms with Gasteiger partial charge in [-0.25, -0.2) is 4.39 Å². The van der Waals surface area contributed by atoms with E-state index in [9.17, 15) is 9.18 Å². The van der Waals surface area contributed by atoms with E-state index in [-0.39, 0.29) is 17.2 Å². The van der Waals surface area contributed by atoms with Gasteiger partial charge in [-0.2, -0.15) is 5.26 Å². The van der Waals surface area contributed by atoms with E-state index in [0.29, 0.717) is 12.8 Å². The quantitative estimate of drug-likeness (QED) is 0.825. The SMILES string of the molecule is CCCC(=O)Nc1cccc(F)c1C#N. The minimum atomic E-state index is -0.619. The van der Waals surface area contributed by atoms with Crippen molar-refractivity contribution >= 4 is 11.6 Å². The van der Waals surface area contributed by atoms with Gasteiger partial charge in [0.15, 0.2) is 0 Å². The molecule has 1 rings (SSSR count). The third kappa shape index (κ3) is 2.78. The Kier molecular flexibility index (Phi) is 3.81. The summed E-state index contributed by atoms with van der Waals surface area (Å²) in [5.74, 6) is -0.827. The van der Waals surface area contributed by atoms with Crippen LogP contribution in [-0.2, 0) is 4.79 Å². The Balaban J connectivity index is 2.91. The molecule has 0 radical (unpaired) electrons. The van der Waals surface area contributed by atoms with E-state index in [4.69, 9.17) is 5.26 Å². The van der Waals surface area contributed by atoms with Crippen molar-refractivity contribution in [2.24, 2.45) is 0 Å². The largest absolute Gasteiger partial charge is 0.325 e. The fourth-order valence-corrected chi connectivity index (χ4v) is 1.18. The van der Waals surface area contributed by atoms with Crippen LogP contribution in [0.2, 0.25) is 0 Å². The Hall–Kier alpha value is -1.89. The van der Waals surface area contributed by atoms with Crippen LogP contribution >= 0.6 is 0 Å². The predicted molar refractivity (Wildman–Crippen MR) is 54.7 cm³/mol. The van der Waals surface area contributed by atoms with Crippen LogP contribution in [0.3, 0.4) is 0 Å². The lowest BCUT2D eigenvalue weighted by atomic mass is 10.2. The van der Waals surface area contributed by atoms with Crippen LogP contribution in [0, 0.1) is 17.1 Å². The van der Waals surface area contributed by atoms with Crippen LogP contribution < -0.4 is 5.32 Å². The highest BCUT2D eigenvalue weighted by molar-refractivity contribution is 5.92. The zero-order valence-corrected chi connectivity index (χ0v) is 8.38. The Bertz CT molecular complexity index is 410. The van der Waals surface area contributed by atoms with Crippen molar-refractivity contribution in [3.8, 4) is 6.07 Å². The average molecular weight is 206 g/mol. The van der Waals surface area contributed by atoms with Gasteiger partial charge >= 0.3 is 0 Å². The Morgan fingerprint density at radius 2 is 2.33 bits per heavy atom. The molecule has 4 heteroatoms. The molecule has 3 nitrogen and oxygen atoms in total. The highest BCUT2D eigenvalue weighted by Crippen LogP contribution is 2.17. The van der Waals surface area contributed by atoms with Crippen LogP contribution in [0.4, 0.5) is 10.1 Å². The maximum atomic E-state index is 13.1. The summed E-state index contributed by atoms with van der Waals surface area (Å²) in [6, 6.07) is 5.88. The summed E-state index contributed by atoms with van der Waals surface area (Å²) in [5.41, 5.74) is 0.109. The first-order valence-corrected chi connectivity index (χ1v) is 4.67. The van der Waals surface area contributed by atoms with E-state index in [1.807, 2.05) is 6.92 Å². The minimum absolute atomic E-state index is 0.123. The number of hydrogen-bond acceptors (Lipinski definition) is 2. The molecule has 0 unspecified atom stereocenters. The fraction of sp³-hybridized carbons (Fsp3) is 0.273. The summed E-state index contributed by atoms with van der Waals surface area (Å²) in [6.07, 6.45) is 1.07. The molecule has 0 aliphatic carbocycles. The first-order valence-electron chi connectivity index (χ1n) is 4.67. The van der Waals surface area contributed by atoms with Crippen molar-refractivity contribution in [1.29, 1.82) is 5.26 Å². The zero-order chi connectivity index (χ0) is 11.3. The summed E-state index contributed by atoms with van der Waals surface area (Å²) >= 11 is 0. The normalized spacial score (nSPS) is 9.40. The number of halogens is 1. The van der Waals surface area contributed by atoms with Gasteiger partial charge in [0.2, 0.25) is 5.91 Å². The fourth-order valence-electron chi connectivity index (χ4n) is 1.18. The second-order valence-corrected chi connectivity index (χ2v) is 3.07. The van der Waals surface area contributed by atoms with E-state index >= 15 is 0 Å². The van der Waals surface area contributed by atoms with Gasteiger partial charge in [0.05, 0.1) is 5.69 Å². The lowest BCUT2D eigenvalue weighted by Crippen LogP contribution is -2.12. The van der Waals surface area contributed by atoms with Gasteiger partial charge in [-0.15, -0.1) is 0 Å². The number of nitrogens with one attached hydrogen (secondary N) is 1. The van der Waals surface area contributed by atoms with Crippen molar-refractivity contribution in [1.82, 2.24) is 0 Å². The molecule has 0 spiro atoms. The molecular weight excluding hydrogens is 195 g/mol. The van der Waals surface area contributed by atoms with Crippen LogP contribution in [0.5, 0.6) is 0 Å². The van der Waals surface area contributed by atoms with Crippen molar-refractivity contribution in [2.75, 3.05) is 5.32 Å². The third-order valence-electron chi connectivity index (χ3n) is 1.88. The van der Waals surface area contributed by atoms with Crippen molar-refractivity contribution in [3.05, 3.63) is 29.6 Å². The zero-order valence-electron chi connectivity index (χ0n) is 8.38. The molecule has 0 heterocycles. The van der Waals surface area contributed by atoms with Gasteiger partial charge < -0.3 is 5.32 Å². The Morgan fingerprint density at radius 1 is 1.60 bits per heavy atom. The maximum Gasteiger partial charge on any atom is 0.224 e. The van der Waals surface area contributed by atoms with E-state index in [1.54, 1.807) is 6.07 Å². The monoisotopic (exact) mass is 206 g/mol. The topological polar surface area (TPSA) is 52.9 Å². The molecule has 1 aromatic rings. The predicted octanol–water partition coefficient (Wildman–Crippen LogP) is 2.44. The van der Waals surface area contributed by atoms with E-state index < -0.39 is 5.82 Å². The second-order valence-electron chi connectivity index (χ2n) is 3.07. The number of hydrogen-bond donors (Lipinski definition) is 1. The second kappa shape index (κ2) is 5.11. The number of rotatable bonds is 3. The van der Waals surface area contributed by atoms with Crippen LogP contribution in [0.15, 0.2) is 18.2 Å². The van der Waals surface area contributed by atoms with Gasteiger partial charge in [0.1, 0.15) is 17.4 Å². The van der Waals surface area contributed by atoms with Crippen LogP contribution in [0.25, 0.3) is 0 Å². The number of amides is 1.